The van der Waals surface area contributed by atoms with Crippen molar-refractivity contribution in [1.82, 2.24) is 0 Å². The van der Waals surface area contributed by atoms with E-state index in [-0.39, 0.29) is 29.9 Å². The molecular weight excluding hydrogens is 308 g/mol. The number of aliphatic carboxylic acids is 2. The van der Waals surface area contributed by atoms with Crippen molar-refractivity contribution in [1.29, 1.82) is 0 Å². The van der Waals surface area contributed by atoms with Gasteiger partial charge in [-0.25, -0.2) is 0 Å². The SMILES string of the molecule is C[C@@H](O)C[C@H](N)C(=O)[O-].C[C@H](O)C[C@@H](N)C(=O)[O-].[Cu+2]. The monoisotopic (exact) mass is 327 g/mol. The second-order valence-corrected chi connectivity index (χ2v) is 4.02. The molecule has 0 aromatic rings. The molecule has 0 spiro atoms. The van der Waals surface area contributed by atoms with Gasteiger partial charge in [0.25, 0.3) is 0 Å². The summed E-state index contributed by atoms with van der Waals surface area (Å²) in [5, 5.41) is 37.0. The Morgan fingerprint density at radius 3 is 1.21 bits per heavy atom. The quantitative estimate of drug-likeness (QED) is 0.354. The second-order valence-electron chi connectivity index (χ2n) is 4.02. The molecule has 9 heteroatoms. The van der Waals surface area contributed by atoms with Gasteiger partial charge >= 0.3 is 17.1 Å². The Balaban J connectivity index is -0.000000256. The Bertz CT molecular complexity index is 236. The fraction of sp³-hybridized carbons (Fsp3) is 0.800. The van der Waals surface area contributed by atoms with Crippen LogP contribution in [0.25, 0.3) is 0 Å². The molecule has 8 nitrogen and oxygen atoms in total. The first-order chi connectivity index (χ1) is 8.07. The summed E-state index contributed by atoms with van der Waals surface area (Å²) in [4.78, 5) is 19.8. The van der Waals surface area contributed by atoms with Crippen molar-refractivity contribution in [2.24, 2.45) is 11.5 Å². The zero-order chi connectivity index (χ0) is 14.9. The van der Waals surface area contributed by atoms with Crippen LogP contribution in [0.15, 0.2) is 0 Å². The number of carbonyl (C=O) groups is 2. The van der Waals surface area contributed by atoms with Crippen LogP contribution in [0.2, 0.25) is 0 Å². The molecule has 0 aromatic heterocycles. The summed E-state index contributed by atoms with van der Waals surface area (Å²) in [5.41, 5.74) is 9.99. The van der Waals surface area contributed by atoms with Crippen LogP contribution in [0, 0.1) is 0 Å². The molecule has 0 aliphatic carbocycles. The Hall–Kier alpha value is -0.701. The fourth-order valence-corrected chi connectivity index (χ4v) is 0.927. The van der Waals surface area contributed by atoms with Crippen molar-refractivity contribution in [3.05, 3.63) is 0 Å². The smallest absolute Gasteiger partial charge is 0.548 e. The number of carboxylic acids is 2. The molecule has 0 unspecified atom stereocenters. The molecule has 0 heterocycles. The largest absolute Gasteiger partial charge is 2.00 e. The third kappa shape index (κ3) is 17.3. The van der Waals surface area contributed by atoms with Gasteiger partial charge in [0.1, 0.15) is 0 Å². The zero-order valence-corrected chi connectivity index (χ0v) is 11.6. The van der Waals surface area contributed by atoms with E-state index in [1.807, 2.05) is 0 Å². The minimum Gasteiger partial charge on any atom is -0.548 e. The number of aliphatic hydroxyl groups is 2. The maximum absolute atomic E-state index is 9.89. The molecule has 117 valence electrons. The van der Waals surface area contributed by atoms with E-state index in [1.54, 1.807) is 0 Å². The van der Waals surface area contributed by atoms with E-state index in [9.17, 15) is 19.8 Å². The van der Waals surface area contributed by atoms with Crippen molar-refractivity contribution in [3.63, 3.8) is 0 Å². The summed E-state index contributed by atoms with van der Waals surface area (Å²) in [5.74, 6) is -2.65. The Morgan fingerprint density at radius 2 is 1.16 bits per heavy atom. The summed E-state index contributed by atoms with van der Waals surface area (Å²) in [7, 11) is 0. The van der Waals surface area contributed by atoms with Crippen LogP contribution < -0.4 is 21.7 Å². The van der Waals surface area contributed by atoms with Crippen LogP contribution in [0.3, 0.4) is 0 Å². The van der Waals surface area contributed by atoms with Crippen molar-refractivity contribution in [3.8, 4) is 0 Å². The van der Waals surface area contributed by atoms with Gasteiger partial charge in [0.05, 0.1) is 24.1 Å². The van der Waals surface area contributed by atoms with Gasteiger partial charge in [-0.05, 0) is 26.7 Å². The fourth-order valence-electron chi connectivity index (χ4n) is 0.927. The number of rotatable bonds is 6. The van der Waals surface area contributed by atoms with Gasteiger partial charge in [0.2, 0.25) is 0 Å². The van der Waals surface area contributed by atoms with Crippen LogP contribution in [0.4, 0.5) is 0 Å². The average molecular weight is 328 g/mol. The Labute approximate surface area is 122 Å². The van der Waals surface area contributed by atoms with Gasteiger partial charge in [0, 0.05) is 12.1 Å². The van der Waals surface area contributed by atoms with E-state index in [1.165, 1.54) is 13.8 Å². The van der Waals surface area contributed by atoms with Crippen molar-refractivity contribution in [2.75, 3.05) is 0 Å². The summed E-state index contributed by atoms with van der Waals surface area (Å²) in [6, 6.07) is -2.10. The number of carbonyl (C=O) groups excluding carboxylic acids is 2. The average Bonchev–Trinajstić information content (AvgIpc) is 2.16. The van der Waals surface area contributed by atoms with Crippen LogP contribution in [-0.4, -0.2) is 46.4 Å². The third-order valence-corrected chi connectivity index (χ3v) is 1.80. The predicted molar refractivity (Wildman–Crippen MR) is 58.6 cm³/mol. The molecule has 1 radical (unpaired) electrons. The van der Waals surface area contributed by atoms with Gasteiger partial charge in [-0.1, -0.05) is 0 Å². The molecule has 6 N–H and O–H groups in total. The van der Waals surface area contributed by atoms with Crippen molar-refractivity contribution < 1.29 is 47.1 Å². The Kier molecular flexibility index (Phi) is 15.2. The van der Waals surface area contributed by atoms with E-state index in [4.69, 9.17) is 21.7 Å². The number of nitrogens with two attached hydrogens (primary N) is 2. The minimum atomic E-state index is -1.32. The normalized spacial score (nSPS) is 15.9. The first kappa shape index (κ1) is 23.4. The number of carboxylic acid groups (broad SMARTS) is 2. The summed E-state index contributed by atoms with van der Waals surface area (Å²) >= 11 is 0. The number of hydrogen-bond acceptors (Lipinski definition) is 8. The van der Waals surface area contributed by atoms with Crippen LogP contribution in [-0.2, 0) is 26.7 Å². The van der Waals surface area contributed by atoms with Gasteiger partial charge < -0.3 is 41.5 Å². The molecule has 0 amide bonds. The summed E-state index contributed by atoms with van der Waals surface area (Å²) in [6.07, 6.45) is -1.28. The first-order valence-corrected chi connectivity index (χ1v) is 5.36. The van der Waals surface area contributed by atoms with Gasteiger partial charge in [-0.2, -0.15) is 0 Å². The second kappa shape index (κ2) is 12.3. The van der Waals surface area contributed by atoms with Crippen LogP contribution in [0.1, 0.15) is 26.7 Å². The van der Waals surface area contributed by atoms with E-state index >= 15 is 0 Å². The van der Waals surface area contributed by atoms with E-state index < -0.39 is 36.2 Å². The van der Waals surface area contributed by atoms with Gasteiger partial charge in [0.15, 0.2) is 0 Å². The number of hydrogen-bond donors (Lipinski definition) is 4. The van der Waals surface area contributed by atoms with Gasteiger partial charge in [-0.15, -0.1) is 0 Å². The molecule has 0 saturated carbocycles. The zero-order valence-electron chi connectivity index (χ0n) is 10.7. The summed E-state index contributed by atoms with van der Waals surface area (Å²) < 4.78 is 0. The number of aliphatic hydroxyl groups excluding tert-OH is 2. The molecule has 0 rings (SSSR count). The van der Waals surface area contributed by atoms with Crippen molar-refractivity contribution in [2.45, 2.75) is 51.0 Å². The molecule has 0 bridgehead atoms. The molecule has 0 aliphatic heterocycles. The molecule has 0 aliphatic rings. The van der Waals surface area contributed by atoms with E-state index in [0.717, 1.165) is 0 Å². The molecular formula is C10H20CuN2O6. The molecule has 0 fully saturated rings. The third-order valence-electron chi connectivity index (χ3n) is 1.80. The first-order valence-electron chi connectivity index (χ1n) is 5.36. The molecule has 19 heavy (non-hydrogen) atoms. The van der Waals surface area contributed by atoms with E-state index in [2.05, 4.69) is 0 Å². The maximum Gasteiger partial charge on any atom is 2.00 e. The minimum absolute atomic E-state index is 0. The van der Waals surface area contributed by atoms with Crippen LogP contribution in [0.5, 0.6) is 0 Å². The van der Waals surface area contributed by atoms with Crippen LogP contribution >= 0.6 is 0 Å². The van der Waals surface area contributed by atoms with Gasteiger partial charge in [-0.3, -0.25) is 0 Å². The molecule has 0 aromatic carbocycles. The Morgan fingerprint density at radius 1 is 0.947 bits per heavy atom. The molecule has 4 atom stereocenters. The summed E-state index contributed by atoms with van der Waals surface area (Å²) in [6.45, 7) is 2.95. The molecule has 0 saturated heterocycles. The predicted octanol–water partition coefficient (Wildman–Crippen LogP) is -4.33. The van der Waals surface area contributed by atoms with Crippen molar-refractivity contribution >= 4 is 11.9 Å². The topological polar surface area (TPSA) is 173 Å². The standard InChI is InChI=1S/2C5H11NO3.Cu/c2*1-3(7)2-4(6)5(8)9;/h2*3-4,7H,2,6H2,1H3,(H,8,9);/q;;+2/p-2/t2*3-,4+;/m10./s1. The van der Waals surface area contributed by atoms with E-state index in [0.29, 0.717) is 0 Å². The maximum atomic E-state index is 9.89.